The third-order valence-electron chi connectivity index (χ3n) is 5.62. The fraction of sp³-hybridized carbons (Fsp3) is 0.435. The molecule has 0 radical (unpaired) electrons. The molecule has 29 heavy (non-hydrogen) atoms. The van der Waals surface area contributed by atoms with E-state index in [1.165, 1.54) is 18.5 Å². The first-order chi connectivity index (χ1) is 13.3. The van der Waals surface area contributed by atoms with Crippen molar-refractivity contribution in [1.29, 1.82) is 0 Å². The third-order valence-corrected chi connectivity index (χ3v) is 5.62. The number of nitrogens with one attached hydrogen (secondary N) is 2. The lowest BCUT2D eigenvalue weighted by molar-refractivity contribution is -0.940. The van der Waals surface area contributed by atoms with Gasteiger partial charge in [-0.15, -0.1) is 0 Å². The number of Topliss-reactive ketones (excluding diaryl/α,β-unsaturated/α-hetero) is 1. The van der Waals surface area contributed by atoms with Crippen molar-refractivity contribution in [3.8, 4) is 0 Å². The van der Waals surface area contributed by atoms with Crippen LogP contribution in [0, 0.1) is 0 Å². The van der Waals surface area contributed by atoms with Crippen molar-refractivity contribution in [2.45, 2.75) is 18.9 Å². The minimum absolute atomic E-state index is 0. The molecule has 1 aliphatic heterocycles. The summed E-state index contributed by atoms with van der Waals surface area (Å²) in [4.78, 5) is 15.5. The summed E-state index contributed by atoms with van der Waals surface area (Å²) >= 11 is 0. The zero-order valence-electron chi connectivity index (χ0n) is 17.1. The van der Waals surface area contributed by atoms with Gasteiger partial charge in [0.1, 0.15) is 25.7 Å². The number of rotatable bonds is 8. The van der Waals surface area contributed by atoms with Crippen molar-refractivity contribution in [1.82, 2.24) is 0 Å². The number of carbonyl (C=O) groups excluding carboxylic acids is 1. The molecule has 1 aliphatic rings. The zero-order chi connectivity index (χ0) is 18.9. The van der Waals surface area contributed by atoms with E-state index in [-0.39, 0.29) is 36.7 Å². The summed E-state index contributed by atoms with van der Waals surface area (Å²) in [6.07, 6.45) is 2.00. The first-order valence-corrected chi connectivity index (χ1v) is 10.1. The Kier molecular flexibility index (Phi) is 12.1. The standard InChI is InChI=1S/C23H30N2O2.2ClH/c1-27-23(21-11-6-3-7-12-21)19-25-15-8-14-24(17-18-25)16-13-22(26)20-9-4-2-5-10-20;;/h2-7,9-12,23H,8,13-19H2,1H3;2*1H. The largest absolute Gasteiger partial charge is 1.00 e. The Bertz CT molecular complexity index is 701. The average Bonchev–Trinajstić information content (AvgIpc) is 2.96. The van der Waals surface area contributed by atoms with E-state index >= 15 is 0 Å². The lowest BCUT2D eigenvalue weighted by Crippen LogP contribution is -3.18. The molecule has 2 aromatic rings. The lowest BCUT2D eigenvalue weighted by atomic mass is 10.1. The summed E-state index contributed by atoms with van der Waals surface area (Å²) in [5, 5.41) is 0. The van der Waals surface area contributed by atoms with Gasteiger partial charge in [0.05, 0.1) is 26.1 Å². The molecule has 3 unspecified atom stereocenters. The van der Waals surface area contributed by atoms with Crippen LogP contribution in [0.1, 0.15) is 34.9 Å². The van der Waals surface area contributed by atoms with Crippen LogP contribution < -0.4 is 34.6 Å². The molecule has 4 nitrogen and oxygen atoms in total. The molecule has 2 aromatic carbocycles. The van der Waals surface area contributed by atoms with Gasteiger partial charge in [-0.3, -0.25) is 4.79 Å². The number of carbonyl (C=O) groups is 1. The second kappa shape index (κ2) is 13.7. The second-order valence-electron chi connectivity index (χ2n) is 7.48. The highest BCUT2D eigenvalue weighted by Crippen LogP contribution is 2.13. The van der Waals surface area contributed by atoms with E-state index in [0.29, 0.717) is 6.42 Å². The van der Waals surface area contributed by atoms with Gasteiger partial charge in [0, 0.05) is 19.1 Å². The Morgan fingerprint density at radius 1 is 0.897 bits per heavy atom. The number of halogens is 2. The normalized spacial score (nSPS) is 19.9. The van der Waals surface area contributed by atoms with Crippen molar-refractivity contribution < 1.29 is 44.1 Å². The topological polar surface area (TPSA) is 35.2 Å². The van der Waals surface area contributed by atoms with E-state index in [0.717, 1.165) is 38.3 Å². The molecule has 0 aromatic heterocycles. The van der Waals surface area contributed by atoms with E-state index in [4.69, 9.17) is 4.74 Å². The maximum atomic E-state index is 12.3. The molecule has 0 aliphatic carbocycles. The van der Waals surface area contributed by atoms with Crippen molar-refractivity contribution in [2.75, 3.05) is 46.4 Å². The van der Waals surface area contributed by atoms with Gasteiger partial charge >= 0.3 is 0 Å². The van der Waals surface area contributed by atoms with Gasteiger partial charge in [-0.2, -0.15) is 0 Å². The van der Waals surface area contributed by atoms with E-state index in [1.807, 2.05) is 43.5 Å². The number of hydrogen-bond donors (Lipinski definition) is 2. The highest BCUT2D eigenvalue weighted by molar-refractivity contribution is 5.95. The summed E-state index contributed by atoms with van der Waals surface area (Å²) in [6.45, 7) is 6.56. The monoisotopic (exact) mass is 438 g/mol. The smallest absolute Gasteiger partial charge is 0.168 e. The van der Waals surface area contributed by atoms with E-state index in [9.17, 15) is 4.79 Å². The van der Waals surface area contributed by atoms with Gasteiger partial charge in [-0.1, -0.05) is 60.7 Å². The Morgan fingerprint density at radius 3 is 2.14 bits per heavy atom. The van der Waals surface area contributed by atoms with Gasteiger partial charge in [-0.25, -0.2) is 0 Å². The van der Waals surface area contributed by atoms with Crippen LogP contribution in [-0.4, -0.2) is 52.2 Å². The third kappa shape index (κ3) is 8.07. The molecule has 0 spiro atoms. The molecule has 3 rings (SSSR count). The average molecular weight is 439 g/mol. The van der Waals surface area contributed by atoms with Gasteiger partial charge in [0.15, 0.2) is 5.78 Å². The number of ketones is 1. The number of ether oxygens (including phenoxy) is 1. The maximum Gasteiger partial charge on any atom is 0.168 e. The van der Waals surface area contributed by atoms with Gasteiger partial charge < -0.3 is 39.4 Å². The van der Waals surface area contributed by atoms with Crippen LogP contribution in [0.4, 0.5) is 0 Å². The highest BCUT2D eigenvalue weighted by Gasteiger charge is 2.24. The molecule has 1 fully saturated rings. The molecule has 0 saturated carbocycles. The molecular formula is C23H32Cl2N2O2. The Hall–Kier alpha value is -1.43. The zero-order valence-corrected chi connectivity index (χ0v) is 18.6. The van der Waals surface area contributed by atoms with Gasteiger partial charge in [0.2, 0.25) is 0 Å². The number of methoxy groups -OCH3 is 1. The predicted octanol–water partition coefficient (Wildman–Crippen LogP) is -5.17. The highest BCUT2D eigenvalue weighted by atomic mass is 35.5. The summed E-state index contributed by atoms with van der Waals surface area (Å²) in [5.74, 6) is 0.264. The molecule has 0 amide bonds. The van der Waals surface area contributed by atoms with E-state index < -0.39 is 0 Å². The van der Waals surface area contributed by atoms with Gasteiger partial charge in [-0.05, 0) is 5.56 Å². The molecule has 0 bridgehead atoms. The van der Waals surface area contributed by atoms with Crippen LogP contribution in [0.15, 0.2) is 60.7 Å². The SMILES string of the molecule is COC(C[NH+]1CCC[NH+](CCC(=O)c2ccccc2)CC1)c1ccccc1.[Cl-].[Cl-]. The Labute approximate surface area is 187 Å². The fourth-order valence-corrected chi connectivity index (χ4v) is 3.97. The molecular weight excluding hydrogens is 407 g/mol. The Morgan fingerprint density at radius 2 is 1.48 bits per heavy atom. The first-order valence-electron chi connectivity index (χ1n) is 10.1. The summed E-state index contributed by atoms with van der Waals surface area (Å²) in [5.41, 5.74) is 2.10. The second-order valence-corrected chi connectivity index (χ2v) is 7.48. The molecule has 3 atom stereocenters. The molecule has 1 saturated heterocycles. The van der Waals surface area contributed by atoms with Crippen LogP contribution in [-0.2, 0) is 4.74 Å². The Balaban J connectivity index is 0.00000210. The number of benzene rings is 2. The van der Waals surface area contributed by atoms with E-state index in [1.54, 1.807) is 9.80 Å². The summed E-state index contributed by atoms with van der Waals surface area (Å²) < 4.78 is 5.76. The van der Waals surface area contributed by atoms with Crippen LogP contribution in [0.5, 0.6) is 0 Å². The van der Waals surface area contributed by atoms with Crippen molar-refractivity contribution >= 4 is 5.78 Å². The quantitative estimate of drug-likeness (QED) is 0.404. The van der Waals surface area contributed by atoms with Crippen LogP contribution >= 0.6 is 0 Å². The van der Waals surface area contributed by atoms with Crippen LogP contribution in [0.3, 0.4) is 0 Å². The van der Waals surface area contributed by atoms with Gasteiger partial charge in [0.25, 0.3) is 0 Å². The van der Waals surface area contributed by atoms with Crippen LogP contribution in [0.2, 0.25) is 0 Å². The number of quaternary nitrogens is 2. The minimum atomic E-state index is 0. The van der Waals surface area contributed by atoms with Crippen LogP contribution in [0.25, 0.3) is 0 Å². The maximum absolute atomic E-state index is 12.3. The molecule has 1 heterocycles. The number of hydrogen-bond acceptors (Lipinski definition) is 2. The first kappa shape index (κ1) is 25.6. The molecule has 2 N–H and O–H groups in total. The molecule has 160 valence electrons. The fourth-order valence-electron chi connectivity index (χ4n) is 3.97. The predicted molar refractivity (Wildman–Crippen MR) is 107 cm³/mol. The van der Waals surface area contributed by atoms with E-state index in [2.05, 4.69) is 24.3 Å². The summed E-state index contributed by atoms with van der Waals surface area (Å²) in [7, 11) is 1.81. The van der Waals surface area contributed by atoms with Crippen molar-refractivity contribution in [2.24, 2.45) is 0 Å². The van der Waals surface area contributed by atoms with Crippen molar-refractivity contribution in [3.63, 3.8) is 0 Å². The summed E-state index contributed by atoms with van der Waals surface area (Å²) in [6, 6.07) is 20.2. The minimum Gasteiger partial charge on any atom is -1.00 e. The molecule has 6 heteroatoms. The van der Waals surface area contributed by atoms with Crippen molar-refractivity contribution in [3.05, 3.63) is 71.8 Å². The lowest BCUT2D eigenvalue weighted by Gasteiger charge is -2.22.